The first kappa shape index (κ1) is 22.8. The molecule has 2 aliphatic rings. The standard InChI is InChI=1S/C20H22IN3O4S3/c1-27-17-5-3-6-18(13-17)31(25,26)24-10-8-23(9-11-24)20-22-16(14-30-20)12-15-4-2-7-19(21-15)28-29/h2-7,13-14,29H,8-12H2,1H3. The lowest BCUT2D eigenvalue weighted by Crippen LogP contribution is -2.48. The van der Waals surface area contributed by atoms with Gasteiger partial charge in [0.05, 0.1) is 17.7 Å². The van der Waals surface area contributed by atoms with Gasteiger partial charge in [-0.25, -0.2) is 13.4 Å². The fourth-order valence-corrected chi connectivity index (χ4v) is 8.04. The molecule has 1 saturated heterocycles. The number of anilines is 1. The summed E-state index contributed by atoms with van der Waals surface area (Å²) in [7, 11) is -2.01. The maximum Gasteiger partial charge on any atom is 0.243 e. The molecule has 0 atom stereocenters. The van der Waals surface area contributed by atoms with Gasteiger partial charge in [-0.15, -0.1) is 11.3 Å². The number of piperazine rings is 1. The molecule has 7 nitrogen and oxygen atoms in total. The third-order valence-electron chi connectivity index (χ3n) is 4.88. The molecule has 1 aromatic heterocycles. The number of aromatic nitrogens is 1. The number of thiol groups is 1. The van der Waals surface area contributed by atoms with Crippen LogP contribution in [-0.2, 0) is 20.6 Å². The first-order chi connectivity index (χ1) is 15.0. The Labute approximate surface area is 201 Å². The van der Waals surface area contributed by atoms with E-state index in [1.807, 2.05) is 12.2 Å². The number of rotatable bonds is 7. The van der Waals surface area contributed by atoms with Crippen molar-refractivity contribution in [3.8, 4) is 5.75 Å². The highest BCUT2D eigenvalue weighted by Crippen LogP contribution is 2.28. The van der Waals surface area contributed by atoms with Crippen molar-refractivity contribution in [2.24, 2.45) is 0 Å². The minimum absolute atomic E-state index is 0.260. The largest absolute Gasteiger partial charge is 0.497 e. The Kier molecular flexibility index (Phi) is 7.37. The monoisotopic (exact) mass is 591 g/mol. The molecule has 1 fully saturated rings. The van der Waals surface area contributed by atoms with E-state index in [0.29, 0.717) is 31.9 Å². The zero-order chi connectivity index (χ0) is 21.8. The van der Waals surface area contributed by atoms with Crippen LogP contribution in [0, 0.1) is 0 Å². The van der Waals surface area contributed by atoms with Crippen molar-refractivity contribution >= 4 is 63.6 Å². The number of allylic oxidation sites excluding steroid dienone is 3. The highest BCUT2D eigenvalue weighted by molar-refractivity contribution is 14.2. The first-order valence-corrected chi connectivity index (χ1v) is 14.4. The number of sulfonamides is 1. The molecule has 3 heterocycles. The molecule has 2 aromatic rings. The summed E-state index contributed by atoms with van der Waals surface area (Å²) in [5.74, 6) is 0.534. The second-order valence-electron chi connectivity index (χ2n) is 6.83. The Balaban J connectivity index is 1.39. The van der Waals surface area contributed by atoms with Crippen molar-refractivity contribution in [2.45, 2.75) is 11.3 Å². The number of nitrogens with zero attached hydrogens (tertiary/aromatic N) is 3. The zero-order valence-corrected chi connectivity index (χ0v) is 21.5. The lowest BCUT2D eigenvalue weighted by atomic mass is 10.2. The molecule has 0 aliphatic carbocycles. The van der Waals surface area contributed by atoms with Gasteiger partial charge in [-0.05, 0) is 42.4 Å². The van der Waals surface area contributed by atoms with Crippen LogP contribution in [0.25, 0.3) is 0 Å². The number of methoxy groups -OCH3 is 1. The Morgan fingerprint density at radius 1 is 1.26 bits per heavy atom. The topological polar surface area (TPSA) is 72.0 Å². The molecule has 166 valence electrons. The van der Waals surface area contributed by atoms with E-state index in [-0.39, 0.29) is 25.6 Å². The smallest absolute Gasteiger partial charge is 0.243 e. The fraction of sp³-hybridized carbons (Fsp3) is 0.300. The molecule has 0 bridgehead atoms. The van der Waals surface area contributed by atoms with Crippen LogP contribution < -0.4 is 9.64 Å². The number of halogens is 1. The fourth-order valence-electron chi connectivity index (χ4n) is 3.28. The minimum Gasteiger partial charge on any atom is -0.497 e. The molecule has 0 N–H and O–H groups in total. The molecule has 0 radical (unpaired) electrons. The average Bonchev–Trinajstić information content (AvgIpc) is 3.27. The van der Waals surface area contributed by atoms with Crippen LogP contribution in [0.5, 0.6) is 5.75 Å². The summed E-state index contributed by atoms with van der Waals surface area (Å²) in [6.07, 6.45) is 6.87. The zero-order valence-electron chi connectivity index (χ0n) is 16.8. The molecule has 4 rings (SSSR count). The van der Waals surface area contributed by atoms with Crippen molar-refractivity contribution in [2.75, 3.05) is 38.2 Å². The molecular weight excluding hydrogens is 569 g/mol. The van der Waals surface area contributed by atoms with Crippen molar-refractivity contribution in [1.29, 1.82) is 0 Å². The quantitative estimate of drug-likeness (QED) is 0.302. The van der Waals surface area contributed by atoms with E-state index in [9.17, 15) is 8.42 Å². The van der Waals surface area contributed by atoms with E-state index < -0.39 is 10.0 Å². The van der Waals surface area contributed by atoms with E-state index in [4.69, 9.17) is 13.9 Å². The molecule has 0 unspecified atom stereocenters. The third kappa shape index (κ3) is 5.33. The van der Waals surface area contributed by atoms with Crippen LogP contribution in [0.15, 0.2) is 56.5 Å². The highest BCUT2D eigenvalue weighted by atomic mass is 127. The summed E-state index contributed by atoms with van der Waals surface area (Å²) in [6.45, 7) is 2.07. The normalized spacial score (nSPS) is 17.5. The van der Waals surface area contributed by atoms with Gasteiger partial charge >= 0.3 is 0 Å². The van der Waals surface area contributed by atoms with E-state index in [2.05, 4.69) is 29.3 Å². The molecule has 0 amide bonds. The van der Waals surface area contributed by atoms with Gasteiger partial charge in [0.25, 0.3) is 0 Å². The summed E-state index contributed by atoms with van der Waals surface area (Å²) >= 11 is 5.17. The number of hydrogen-bond donors (Lipinski definition) is 1. The van der Waals surface area contributed by atoms with Crippen LogP contribution in [-0.4, -0.2) is 54.5 Å². The molecule has 0 saturated carbocycles. The van der Waals surface area contributed by atoms with Gasteiger partial charge in [0.2, 0.25) is 10.0 Å². The maximum atomic E-state index is 13.0. The van der Waals surface area contributed by atoms with Gasteiger partial charge in [0.1, 0.15) is 5.75 Å². The summed E-state index contributed by atoms with van der Waals surface area (Å²) in [5.41, 5.74) is 1.03. The first-order valence-electron chi connectivity index (χ1n) is 9.53. The molecule has 11 heteroatoms. The molecule has 31 heavy (non-hydrogen) atoms. The predicted octanol–water partition coefficient (Wildman–Crippen LogP) is 3.62. The van der Waals surface area contributed by atoms with Crippen molar-refractivity contribution in [1.82, 2.24) is 9.29 Å². The van der Waals surface area contributed by atoms with Crippen molar-refractivity contribution in [3.05, 3.63) is 57.3 Å². The van der Waals surface area contributed by atoms with Gasteiger partial charge in [0, 0.05) is 57.0 Å². The van der Waals surface area contributed by atoms with E-state index in [1.165, 1.54) is 14.9 Å². The summed E-state index contributed by atoms with van der Waals surface area (Å²) in [4.78, 5) is 7.21. The molecule has 0 spiro atoms. The average molecular weight is 592 g/mol. The van der Waals surface area contributed by atoms with E-state index in [1.54, 1.807) is 35.6 Å². The predicted molar refractivity (Wildman–Crippen MR) is 136 cm³/mol. The van der Waals surface area contributed by atoms with Crippen LogP contribution in [0.2, 0.25) is 0 Å². The van der Waals surface area contributed by atoms with Crippen molar-refractivity contribution < 1.29 is 17.3 Å². The van der Waals surface area contributed by atoms with Gasteiger partial charge in [-0.3, -0.25) is 0 Å². The van der Waals surface area contributed by atoms with Crippen LogP contribution in [0.3, 0.4) is 0 Å². The third-order valence-corrected chi connectivity index (χ3v) is 10.8. The molecule has 1 aromatic carbocycles. The number of thiazole rings is 1. The number of hydrogen-bond acceptors (Lipinski definition) is 8. The lowest BCUT2D eigenvalue weighted by Gasteiger charge is -2.33. The Morgan fingerprint density at radius 2 is 2.06 bits per heavy atom. The highest BCUT2D eigenvalue weighted by Gasteiger charge is 2.29. The second-order valence-corrected chi connectivity index (χ2v) is 12.8. The molecular formula is C20H22IN3O4S3. The van der Waals surface area contributed by atoms with Gasteiger partial charge in [-0.1, -0.05) is 18.2 Å². The molecule has 2 aliphatic heterocycles. The Bertz CT molecular complexity index is 1140. The minimum atomic E-state index is -3.54. The summed E-state index contributed by atoms with van der Waals surface area (Å²) < 4.78 is 40.0. The van der Waals surface area contributed by atoms with E-state index >= 15 is 0 Å². The van der Waals surface area contributed by atoms with Gasteiger partial charge in [0.15, 0.2) is 8.90 Å². The number of ether oxygens (including phenoxy) is 1. The lowest BCUT2D eigenvalue weighted by molar-refractivity contribution is 0.383. The van der Waals surface area contributed by atoms with Gasteiger partial charge in [-0.2, -0.15) is 4.31 Å². The van der Waals surface area contributed by atoms with E-state index in [0.717, 1.165) is 21.0 Å². The van der Waals surface area contributed by atoms with Crippen LogP contribution in [0.4, 0.5) is 5.13 Å². The van der Waals surface area contributed by atoms with Crippen LogP contribution in [0.1, 0.15) is 5.69 Å². The summed E-state index contributed by atoms with van der Waals surface area (Å²) in [5, 5.41) is 3.02. The number of benzene rings is 1. The SMILES string of the molecule is COc1cccc(S(=O)(=O)N2CCN(c3nc(CC4=IC(OS)=CC=C4)cs3)CC2)c1. The van der Waals surface area contributed by atoms with Crippen molar-refractivity contribution in [3.63, 3.8) is 0 Å². The van der Waals surface area contributed by atoms with Gasteiger partial charge < -0.3 is 13.8 Å². The Hall–Kier alpha value is -1.41. The Morgan fingerprint density at radius 3 is 2.81 bits per heavy atom. The second kappa shape index (κ2) is 10.0. The summed E-state index contributed by atoms with van der Waals surface area (Å²) in [6, 6.07) is 6.61. The van der Waals surface area contributed by atoms with Crippen LogP contribution >= 0.6 is 45.0 Å². The maximum absolute atomic E-state index is 13.0.